The van der Waals surface area contributed by atoms with Gasteiger partial charge < -0.3 is 5.32 Å². The Labute approximate surface area is 163 Å². The van der Waals surface area contributed by atoms with Crippen LogP contribution in [0.1, 0.15) is 51.4 Å². The quantitative estimate of drug-likeness (QED) is 0.506. The Hall–Kier alpha value is 0.880. The molecule has 2 saturated carbocycles. The van der Waals surface area contributed by atoms with Crippen LogP contribution in [-0.4, -0.2) is 32.7 Å². The minimum atomic E-state index is -1.61. The van der Waals surface area contributed by atoms with Gasteiger partial charge in [0.2, 0.25) is 9.70 Å². The molecule has 134 valence electrons. The zero-order valence-corrected chi connectivity index (χ0v) is 16.6. The van der Waals surface area contributed by atoms with Crippen molar-refractivity contribution < 1.29 is 4.79 Å². The summed E-state index contributed by atoms with van der Waals surface area (Å²) in [5, 5.41) is 6.42. The van der Waals surface area contributed by atoms with E-state index in [4.69, 9.17) is 58.0 Å². The van der Waals surface area contributed by atoms with Crippen molar-refractivity contribution in [3.05, 3.63) is 0 Å². The number of hydrogen-bond acceptors (Lipinski definition) is 2. The molecule has 3 atom stereocenters. The van der Waals surface area contributed by atoms with Crippen LogP contribution in [-0.2, 0) is 4.79 Å². The number of nitrogens with one attached hydrogen (secondary N) is 2. The van der Waals surface area contributed by atoms with Gasteiger partial charge in [-0.25, -0.2) is 0 Å². The standard InChI is InChI=1S/C15H23Cl5N2O/c16-10-4-6-12(7-5-10)21-14(15(18,19)20)22-13(23)9-2-1-3-11(17)8-9/h9-12,14,21H,1-8H2,(H,22,23). The van der Waals surface area contributed by atoms with Gasteiger partial charge in [0.05, 0.1) is 0 Å². The summed E-state index contributed by atoms with van der Waals surface area (Å²) in [6, 6.07) is 0.193. The van der Waals surface area contributed by atoms with E-state index in [0.717, 1.165) is 44.9 Å². The van der Waals surface area contributed by atoms with Gasteiger partial charge in [-0.1, -0.05) is 41.2 Å². The number of carbonyl (C=O) groups excluding carboxylic acids is 1. The van der Waals surface area contributed by atoms with Crippen LogP contribution in [0.4, 0.5) is 0 Å². The van der Waals surface area contributed by atoms with E-state index in [0.29, 0.717) is 6.42 Å². The molecule has 0 spiro atoms. The smallest absolute Gasteiger partial charge is 0.224 e. The third-order valence-electron chi connectivity index (χ3n) is 4.65. The summed E-state index contributed by atoms with van der Waals surface area (Å²) < 4.78 is -1.61. The molecule has 2 aliphatic carbocycles. The molecule has 0 saturated heterocycles. The molecule has 0 aromatic heterocycles. The van der Waals surface area contributed by atoms with Crippen molar-refractivity contribution in [1.82, 2.24) is 10.6 Å². The molecular formula is C15H23Cl5N2O. The maximum absolute atomic E-state index is 12.5. The summed E-state index contributed by atoms with van der Waals surface area (Å²) in [5.74, 6) is -0.202. The number of halogens is 5. The van der Waals surface area contributed by atoms with Gasteiger partial charge in [-0.15, -0.1) is 23.2 Å². The lowest BCUT2D eigenvalue weighted by atomic mass is 9.88. The van der Waals surface area contributed by atoms with Crippen LogP contribution >= 0.6 is 58.0 Å². The molecule has 3 unspecified atom stereocenters. The minimum absolute atomic E-state index is 0.0534. The molecule has 0 heterocycles. The SMILES string of the molecule is O=C(NC(NC1CCC(Cl)CC1)C(Cl)(Cl)Cl)C1CCCC(Cl)C1. The monoisotopic (exact) mass is 422 g/mol. The molecule has 3 nitrogen and oxygen atoms in total. The lowest BCUT2D eigenvalue weighted by Crippen LogP contribution is -2.58. The summed E-state index contributed by atoms with van der Waals surface area (Å²) in [5.41, 5.74) is 0. The largest absolute Gasteiger partial charge is 0.336 e. The minimum Gasteiger partial charge on any atom is -0.336 e. The van der Waals surface area contributed by atoms with Gasteiger partial charge in [0, 0.05) is 22.7 Å². The first kappa shape index (κ1) is 20.2. The average Bonchev–Trinajstić information content (AvgIpc) is 2.47. The van der Waals surface area contributed by atoms with Crippen LogP contribution in [0.25, 0.3) is 0 Å². The fourth-order valence-electron chi connectivity index (χ4n) is 3.30. The van der Waals surface area contributed by atoms with Crippen LogP contribution in [0.3, 0.4) is 0 Å². The third kappa shape index (κ3) is 6.60. The van der Waals surface area contributed by atoms with E-state index in [1.807, 2.05) is 0 Å². The van der Waals surface area contributed by atoms with E-state index in [1.54, 1.807) is 0 Å². The number of rotatable bonds is 4. The predicted octanol–water partition coefficient (Wildman–Crippen LogP) is 4.74. The molecule has 8 heteroatoms. The molecule has 2 N–H and O–H groups in total. The Morgan fingerprint density at radius 3 is 2.17 bits per heavy atom. The van der Waals surface area contributed by atoms with Crippen LogP contribution in [0.5, 0.6) is 0 Å². The Morgan fingerprint density at radius 2 is 1.61 bits per heavy atom. The zero-order chi connectivity index (χ0) is 17.0. The van der Waals surface area contributed by atoms with Gasteiger partial charge in [-0.05, 0) is 44.9 Å². The molecule has 0 aliphatic heterocycles. The fraction of sp³-hybridized carbons (Fsp3) is 0.933. The molecule has 2 aliphatic rings. The Bertz CT molecular complexity index is 396. The normalized spacial score (nSPS) is 34.0. The van der Waals surface area contributed by atoms with Crippen molar-refractivity contribution >= 4 is 63.9 Å². The second-order valence-electron chi connectivity index (χ2n) is 6.56. The van der Waals surface area contributed by atoms with E-state index < -0.39 is 9.96 Å². The van der Waals surface area contributed by atoms with Gasteiger partial charge in [0.1, 0.15) is 6.17 Å². The van der Waals surface area contributed by atoms with E-state index in [2.05, 4.69) is 10.6 Å². The average molecular weight is 425 g/mol. The molecule has 23 heavy (non-hydrogen) atoms. The van der Waals surface area contributed by atoms with Crippen LogP contribution in [0.15, 0.2) is 0 Å². The molecule has 2 fully saturated rings. The second kappa shape index (κ2) is 9.00. The highest BCUT2D eigenvalue weighted by Gasteiger charge is 2.38. The summed E-state index contributed by atoms with van der Waals surface area (Å²) in [4.78, 5) is 12.5. The third-order valence-corrected chi connectivity index (χ3v) is 6.14. The van der Waals surface area contributed by atoms with Crippen molar-refractivity contribution in [2.75, 3.05) is 0 Å². The maximum atomic E-state index is 12.5. The predicted molar refractivity (Wildman–Crippen MR) is 98.9 cm³/mol. The van der Waals surface area contributed by atoms with E-state index in [9.17, 15) is 4.79 Å². The fourth-order valence-corrected chi connectivity index (χ4v) is 4.28. The summed E-state index contributed by atoms with van der Waals surface area (Å²) >= 11 is 30.5. The number of carbonyl (C=O) groups is 1. The van der Waals surface area contributed by atoms with E-state index in [-0.39, 0.29) is 28.6 Å². The summed E-state index contributed by atoms with van der Waals surface area (Å²) in [6.45, 7) is 0. The van der Waals surface area contributed by atoms with Crippen LogP contribution < -0.4 is 10.6 Å². The van der Waals surface area contributed by atoms with Gasteiger partial charge in [0.25, 0.3) is 0 Å². The molecule has 0 aromatic carbocycles. The van der Waals surface area contributed by atoms with Crippen LogP contribution in [0.2, 0.25) is 0 Å². The highest BCUT2D eigenvalue weighted by atomic mass is 35.6. The number of hydrogen-bond donors (Lipinski definition) is 2. The molecule has 0 radical (unpaired) electrons. The summed E-state index contributed by atoms with van der Waals surface area (Å²) in [6.07, 6.45) is 6.38. The van der Waals surface area contributed by atoms with E-state index >= 15 is 0 Å². The topological polar surface area (TPSA) is 41.1 Å². The lowest BCUT2D eigenvalue weighted by Gasteiger charge is -2.35. The van der Waals surface area contributed by atoms with Crippen molar-refractivity contribution in [1.29, 1.82) is 0 Å². The first-order valence-corrected chi connectivity index (χ1v) is 10.2. The maximum Gasteiger partial charge on any atom is 0.224 e. The Kier molecular flexibility index (Phi) is 7.91. The number of alkyl halides is 5. The van der Waals surface area contributed by atoms with Crippen molar-refractivity contribution in [3.63, 3.8) is 0 Å². The van der Waals surface area contributed by atoms with Gasteiger partial charge in [-0.2, -0.15) is 0 Å². The Morgan fingerprint density at radius 1 is 0.957 bits per heavy atom. The highest BCUT2D eigenvalue weighted by Crippen LogP contribution is 2.33. The first-order valence-electron chi connectivity index (χ1n) is 8.17. The lowest BCUT2D eigenvalue weighted by molar-refractivity contribution is -0.126. The molecule has 0 aromatic rings. The van der Waals surface area contributed by atoms with Crippen LogP contribution in [0, 0.1) is 5.92 Å². The Balaban J connectivity index is 1.91. The highest BCUT2D eigenvalue weighted by molar-refractivity contribution is 6.68. The van der Waals surface area contributed by atoms with E-state index in [1.165, 1.54) is 0 Å². The molecular weight excluding hydrogens is 401 g/mol. The molecule has 2 rings (SSSR count). The van der Waals surface area contributed by atoms with Gasteiger partial charge >= 0.3 is 0 Å². The number of amides is 1. The van der Waals surface area contributed by atoms with Crippen molar-refractivity contribution in [3.8, 4) is 0 Å². The van der Waals surface area contributed by atoms with Crippen molar-refractivity contribution in [2.45, 2.75) is 78.1 Å². The molecule has 0 bridgehead atoms. The first-order chi connectivity index (χ1) is 10.8. The van der Waals surface area contributed by atoms with Crippen molar-refractivity contribution in [2.24, 2.45) is 5.92 Å². The van der Waals surface area contributed by atoms with Gasteiger partial charge in [0.15, 0.2) is 0 Å². The molecule has 1 amide bonds. The van der Waals surface area contributed by atoms with Gasteiger partial charge in [-0.3, -0.25) is 10.1 Å². The zero-order valence-electron chi connectivity index (χ0n) is 12.8. The second-order valence-corrected chi connectivity index (χ2v) is 10.2. The summed E-state index contributed by atoms with van der Waals surface area (Å²) in [7, 11) is 0.